The van der Waals surface area contributed by atoms with Gasteiger partial charge < -0.3 is 20.2 Å². The van der Waals surface area contributed by atoms with Crippen molar-refractivity contribution in [2.75, 3.05) is 12.5 Å². The van der Waals surface area contributed by atoms with Gasteiger partial charge in [-0.15, -0.1) is 0 Å². The lowest BCUT2D eigenvalue weighted by Crippen LogP contribution is -2.35. The van der Waals surface area contributed by atoms with E-state index < -0.39 is 18.0 Å². The van der Waals surface area contributed by atoms with Crippen LogP contribution in [0.4, 0.5) is 0 Å². The molecule has 0 unspecified atom stereocenters. The Kier molecular flexibility index (Phi) is 5.67. The van der Waals surface area contributed by atoms with E-state index in [1.165, 1.54) is 24.4 Å². The first kappa shape index (κ1) is 16.2. The summed E-state index contributed by atoms with van der Waals surface area (Å²) in [4.78, 5) is 37.9. The number of ether oxygens (including phenoxy) is 2. The molecule has 0 saturated heterocycles. The zero-order chi connectivity index (χ0) is 15.9. The zero-order valence-electron chi connectivity index (χ0n) is 11.8. The molecule has 2 aromatic rings. The van der Waals surface area contributed by atoms with E-state index in [2.05, 4.69) is 19.9 Å². The highest BCUT2D eigenvalue weighted by Crippen LogP contribution is 2.21. The summed E-state index contributed by atoms with van der Waals surface area (Å²) < 4.78 is 9.72. The molecule has 0 amide bonds. The van der Waals surface area contributed by atoms with Crippen LogP contribution in [0.1, 0.15) is 13.3 Å². The third kappa shape index (κ3) is 4.15. The molecule has 2 aromatic heterocycles. The number of carbonyl (C=O) groups excluding carboxylic acids is 2. The molecule has 0 aliphatic carbocycles. The van der Waals surface area contributed by atoms with E-state index >= 15 is 0 Å². The Labute approximate surface area is 130 Å². The molecule has 22 heavy (non-hydrogen) atoms. The first-order valence-electron chi connectivity index (χ1n) is 6.46. The fourth-order valence-electron chi connectivity index (χ4n) is 1.57. The average Bonchev–Trinajstić information content (AvgIpc) is 2.96. The maximum absolute atomic E-state index is 11.6. The van der Waals surface area contributed by atoms with Gasteiger partial charge in [-0.3, -0.25) is 9.59 Å². The molecular formula is C12H15N5O4S. The zero-order valence-corrected chi connectivity index (χ0v) is 12.6. The summed E-state index contributed by atoms with van der Waals surface area (Å²) in [6, 6.07) is -1.02. The van der Waals surface area contributed by atoms with Gasteiger partial charge in [0.15, 0.2) is 5.65 Å². The molecule has 0 aliphatic rings. The largest absolute Gasteiger partial charge is 0.465 e. The maximum Gasteiger partial charge on any atom is 0.323 e. The van der Waals surface area contributed by atoms with Crippen molar-refractivity contribution in [3.8, 4) is 0 Å². The van der Waals surface area contributed by atoms with Crippen molar-refractivity contribution in [3.63, 3.8) is 0 Å². The Morgan fingerprint density at radius 3 is 2.95 bits per heavy atom. The van der Waals surface area contributed by atoms with Gasteiger partial charge in [-0.1, -0.05) is 11.8 Å². The number of nitrogens with two attached hydrogens (primary N) is 1. The number of hydrogen-bond donors (Lipinski definition) is 2. The van der Waals surface area contributed by atoms with Crippen molar-refractivity contribution in [2.45, 2.75) is 24.4 Å². The number of fused-ring (bicyclic) bond motifs is 1. The molecule has 0 aliphatic heterocycles. The van der Waals surface area contributed by atoms with Crippen LogP contribution in [0.25, 0.3) is 11.2 Å². The second-order valence-corrected chi connectivity index (χ2v) is 5.03. The van der Waals surface area contributed by atoms with Gasteiger partial charge in [0.25, 0.3) is 0 Å². The lowest BCUT2D eigenvalue weighted by Gasteiger charge is -2.10. The first-order valence-corrected chi connectivity index (χ1v) is 7.45. The van der Waals surface area contributed by atoms with E-state index in [4.69, 9.17) is 15.2 Å². The molecule has 0 fully saturated rings. The number of H-pyrrole nitrogens is 1. The van der Waals surface area contributed by atoms with Gasteiger partial charge in [0.05, 0.1) is 19.4 Å². The average molecular weight is 325 g/mol. The predicted octanol–water partition coefficient (Wildman–Crippen LogP) is 0.226. The summed E-state index contributed by atoms with van der Waals surface area (Å²) in [5.74, 6) is -1.16. The van der Waals surface area contributed by atoms with E-state index in [1.807, 2.05) is 0 Å². The van der Waals surface area contributed by atoms with Crippen molar-refractivity contribution in [3.05, 3.63) is 12.7 Å². The van der Waals surface area contributed by atoms with E-state index in [9.17, 15) is 9.59 Å². The van der Waals surface area contributed by atoms with E-state index in [0.717, 1.165) is 0 Å². The van der Waals surface area contributed by atoms with Crippen LogP contribution in [-0.4, -0.2) is 50.5 Å². The third-order valence-corrected chi connectivity index (χ3v) is 3.40. The number of carbonyl (C=O) groups is 2. The smallest absolute Gasteiger partial charge is 0.323 e. The summed E-state index contributed by atoms with van der Waals surface area (Å²) in [5, 5.41) is 0.616. The predicted molar refractivity (Wildman–Crippen MR) is 77.7 cm³/mol. The standard InChI is InChI=1S/C12H15N5O4S/c1-2-20-12(19)7(13)3-8(18)21-6-22-11-9-10(15-4-14-9)16-5-17-11/h4-5,7H,2-3,6,13H2,1H3,(H,14,15,16,17)/t7-/m0/s1. The summed E-state index contributed by atoms with van der Waals surface area (Å²) >= 11 is 1.21. The number of nitrogens with one attached hydrogen (secondary N) is 1. The molecule has 0 saturated carbocycles. The summed E-state index contributed by atoms with van der Waals surface area (Å²) in [6.45, 7) is 1.88. The van der Waals surface area contributed by atoms with E-state index in [1.54, 1.807) is 6.92 Å². The first-order chi connectivity index (χ1) is 10.6. The molecule has 3 N–H and O–H groups in total. The number of thioether (sulfide) groups is 1. The van der Waals surface area contributed by atoms with Crippen LogP contribution >= 0.6 is 11.8 Å². The minimum atomic E-state index is -1.02. The highest BCUT2D eigenvalue weighted by molar-refractivity contribution is 7.99. The number of aromatic nitrogens is 4. The number of imidazole rings is 1. The highest BCUT2D eigenvalue weighted by atomic mass is 32.2. The normalized spacial score (nSPS) is 12.1. The van der Waals surface area contributed by atoms with Crippen LogP contribution in [0.2, 0.25) is 0 Å². The van der Waals surface area contributed by atoms with E-state index in [0.29, 0.717) is 16.2 Å². The van der Waals surface area contributed by atoms with Crippen molar-refractivity contribution >= 4 is 34.9 Å². The minimum absolute atomic E-state index is 0.0412. The number of nitrogens with zero attached hydrogens (tertiary/aromatic N) is 3. The minimum Gasteiger partial charge on any atom is -0.465 e. The maximum atomic E-state index is 11.6. The van der Waals surface area contributed by atoms with Gasteiger partial charge in [0, 0.05) is 0 Å². The lowest BCUT2D eigenvalue weighted by molar-refractivity contribution is -0.150. The number of aromatic amines is 1. The monoisotopic (exact) mass is 325 g/mol. The fourth-order valence-corrected chi connectivity index (χ4v) is 2.29. The van der Waals surface area contributed by atoms with Crippen LogP contribution < -0.4 is 5.73 Å². The van der Waals surface area contributed by atoms with Crippen LogP contribution in [0, 0.1) is 0 Å². The Morgan fingerprint density at radius 1 is 1.36 bits per heavy atom. The summed E-state index contributed by atoms with van der Waals surface area (Å²) in [7, 11) is 0. The van der Waals surface area contributed by atoms with Crippen LogP contribution in [-0.2, 0) is 19.1 Å². The van der Waals surface area contributed by atoms with Crippen LogP contribution in [0.15, 0.2) is 17.7 Å². The van der Waals surface area contributed by atoms with Crippen molar-refractivity contribution < 1.29 is 19.1 Å². The molecule has 118 valence electrons. The van der Waals surface area contributed by atoms with Gasteiger partial charge in [0.1, 0.15) is 28.9 Å². The quantitative estimate of drug-likeness (QED) is 0.317. The molecule has 9 nitrogen and oxygen atoms in total. The molecule has 1 atom stereocenters. The topological polar surface area (TPSA) is 133 Å². The van der Waals surface area contributed by atoms with Gasteiger partial charge in [-0.05, 0) is 6.92 Å². The molecule has 0 radical (unpaired) electrons. The van der Waals surface area contributed by atoms with Crippen molar-refractivity contribution in [1.29, 1.82) is 0 Å². The molecule has 0 aromatic carbocycles. The lowest BCUT2D eigenvalue weighted by atomic mass is 10.2. The van der Waals surface area contributed by atoms with Crippen molar-refractivity contribution in [2.24, 2.45) is 5.73 Å². The molecule has 2 rings (SSSR count). The number of hydrogen-bond acceptors (Lipinski definition) is 9. The molecule has 0 spiro atoms. The second kappa shape index (κ2) is 7.71. The fraction of sp³-hybridized carbons (Fsp3) is 0.417. The number of esters is 2. The van der Waals surface area contributed by atoms with Gasteiger partial charge in [-0.2, -0.15) is 0 Å². The van der Waals surface area contributed by atoms with Gasteiger partial charge >= 0.3 is 11.9 Å². The molecule has 2 heterocycles. The Morgan fingerprint density at radius 2 is 2.18 bits per heavy atom. The Balaban J connectivity index is 1.80. The third-order valence-electron chi connectivity index (χ3n) is 2.58. The number of rotatable bonds is 7. The van der Waals surface area contributed by atoms with Gasteiger partial charge in [-0.25, -0.2) is 15.0 Å². The Bertz CT molecular complexity index is 662. The van der Waals surface area contributed by atoms with Gasteiger partial charge in [0.2, 0.25) is 0 Å². The Hall–Kier alpha value is -2.20. The van der Waals surface area contributed by atoms with Crippen molar-refractivity contribution in [1.82, 2.24) is 19.9 Å². The van der Waals surface area contributed by atoms with Crippen LogP contribution in [0.5, 0.6) is 0 Å². The summed E-state index contributed by atoms with van der Waals surface area (Å²) in [5.41, 5.74) is 6.74. The van der Waals surface area contributed by atoms with Crippen LogP contribution in [0.3, 0.4) is 0 Å². The SMILES string of the molecule is CCOC(=O)[C@@H](N)CC(=O)OCSc1ncnc2nc[nH]c12. The molecule has 10 heteroatoms. The van der Waals surface area contributed by atoms with E-state index in [-0.39, 0.29) is 19.0 Å². The summed E-state index contributed by atoms with van der Waals surface area (Å²) in [6.07, 6.45) is 2.65. The molecular weight excluding hydrogens is 310 g/mol. The highest BCUT2D eigenvalue weighted by Gasteiger charge is 2.19. The second-order valence-electron chi connectivity index (χ2n) is 4.12. The molecule has 0 bridgehead atoms.